The average Bonchev–Trinajstić information content (AvgIpc) is 2.86. The number of ether oxygens (including phenoxy) is 1. The van der Waals surface area contributed by atoms with Gasteiger partial charge in [-0.1, -0.05) is 34.1 Å². The van der Waals surface area contributed by atoms with Crippen molar-refractivity contribution in [2.75, 3.05) is 6.61 Å². The molecule has 1 atom stereocenters. The molecule has 0 bridgehead atoms. The van der Waals surface area contributed by atoms with Crippen molar-refractivity contribution in [3.63, 3.8) is 0 Å². The van der Waals surface area contributed by atoms with Gasteiger partial charge in [0, 0.05) is 34.0 Å². The highest BCUT2D eigenvalue weighted by Crippen LogP contribution is 2.23. The predicted octanol–water partition coefficient (Wildman–Crippen LogP) is 2.40. The Morgan fingerprint density at radius 3 is 2.72 bits per heavy atom. The molecular weight excluding hydrogens is 402 g/mol. The molecule has 130 valence electrons. The molecule has 0 saturated heterocycles. The molecule has 0 amide bonds. The molecule has 3 rings (SSSR count). The minimum atomic E-state index is -0.381. The van der Waals surface area contributed by atoms with Crippen molar-refractivity contribution in [1.82, 2.24) is 4.57 Å². The Morgan fingerprint density at radius 2 is 2.04 bits per heavy atom. The third-order valence-electron chi connectivity index (χ3n) is 4.06. The second kappa shape index (κ2) is 7.62. The van der Waals surface area contributed by atoms with E-state index in [1.165, 1.54) is 6.08 Å². The van der Waals surface area contributed by atoms with Gasteiger partial charge >= 0.3 is 5.97 Å². The van der Waals surface area contributed by atoms with Crippen molar-refractivity contribution in [2.45, 2.75) is 22.4 Å². The number of hydrogen-bond acceptors (Lipinski definition) is 4. The standard InChI is InChI=1S/C19H18BrNO3S/c1-3-24-19(23)18-13-9-17(22)14(20)10-15(13)21(2)16(18)11-25-12-7-5-4-6-8-12/h4-10,14H,3,11H2,1-2H3. The summed E-state index contributed by atoms with van der Waals surface area (Å²) in [5.74, 6) is 0.171. The Kier molecular flexibility index (Phi) is 5.49. The number of benzene rings is 1. The van der Waals surface area contributed by atoms with Crippen molar-refractivity contribution in [3.8, 4) is 0 Å². The monoisotopic (exact) mass is 419 g/mol. The van der Waals surface area contributed by atoms with Crippen LogP contribution in [0.5, 0.6) is 0 Å². The van der Waals surface area contributed by atoms with Gasteiger partial charge in [0.2, 0.25) is 0 Å². The highest BCUT2D eigenvalue weighted by atomic mass is 79.9. The minimum absolute atomic E-state index is 0.0640. The van der Waals surface area contributed by atoms with Crippen molar-refractivity contribution in [1.29, 1.82) is 0 Å². The number of ketones is 1. The fourth-order valence-electron chi connectivity index (χ4n) is 2.84. The van der Waals surface area contributed by atoms with Gasteiger partial charge in [0.25, 0.3) is 0 Å². The SMILES string of the molecule is CCOC(=O)c1c(CSc2ccccc2)n(C)c2c1=CC(=O)C(Br)C=2. The first kappa shape index (κ1) is 18.0. The van der Waals surface area contributed by atoms with Gasteiger partial charge in [-0.3, -0.25) is 4.79 Å². The van der Waals surface area contributed by atoms with E-state index < -0.39 is 0 Å². The van der Waals surface area contributed by atoms with Gasteiger partial charge in [0.1, 0.15) is 0 Å². The Morgan fingerprint density at radius 1 is 1.32 bits per heavy atom. The molecule has 1 aromatic carbocycles. The Balaban J connectivity index is 2.09. The molecule has 25 heavy (non-hydrogen) atoms. The van der Waals surface area contributed by atoms with Crippen LogP contribution in [0.15, 0.2) is 35.2 Å². The van der Waals surface area contributed by atoms with Gasteiger partial charge in [-0.2, -0.15) is 0 Å². The number of halogens is 1. The molecular formula is C19H18BrNO3S. The van der Waals surface area contributed by atoms with Crippen LogP contribution < -0.4 is 10.6 Å². The van der Waals surface area contributed by atoms with Gasteiger partial charge in [0.15, 0.2) is 5.78 Å². The van der Waals surface area contributed by atoms with Gasteiger partial charge in [-0.15, -0.1) is 11.8 Å². The molecule has 1 aliphatic carbocycles. The predicted molar refractivity (Wildman–Crippen MR) is 103 cm³/mol. The van der Waals surface area contributed by atoms with E-state index in [1.54, 1.807) is 18.7 Å². The van der Waals surface area contributed by atoms with E-state index in [0.717, 1.165) is 15.9 Å². The normalized spacial score (nSPS) is 16.0. The lowest BCUT2D eigenvalue weighted by molar-refractivity contribution is -0.111. The lowest BCUT2D eigenvalue weighted by Gasteiger charge is -2.07. The number of alkyl halides is 1. The highest BCUT2D eigenvalue weighted by Gasteiger charge is 2.25. The number of hydrogen-bond donors (Lipinski definition) is 0. The summed E-state index contributed by atoms with van der Waals surface area (Å²) in [6.07, 6.45) is 3.38. The van der Waals surface area contributed by atoms with E-state index in [0.29, 0.717) is 23.1 Å². The maximum absolute atomic E-state index is 12.5. The van der Waals surface area contributed by atoms with Gasteiger partial charge in [-0.25, -0.2) is 4.79 Å². The molecule has 2 aromatic rings. The van der Waals surface area contributed by atoms with E-state index in [9.17, 15) is 9.59 Å². The lowest BCUT2D eigenvalue weighted by atomic mass is 10.1. The maximum atomic E-state index is 12.5. The molecule has 0 radical (unpaired) electrons. The van der Waals surface area contributed by atoms with E-state index in [4.69, 9.17) is 4.74 Å². The first-order valence-electron chi connectivity index (χ1n) is 7.97. The highest BCUT2D eigenvalue weighted by molar-refractivity contribution is 9.10. The van der Waals surface area contributed by atoms with Gasteiger partial charge in [-0.05, 0) is 31.2 Å². The lowest BCUT2D eigenvalue weighted by Crippen LogP contribution is -2.37. The summed E-state index contributed by atoms with van der Waals surface area (Å²) in [5.41, 5.74) is 1.35. The molecule has 1 heterocycles. The van der Waals surface area contributed by atoms with Crippen LogP contribution in [0.1, 0.15) is 23.0 Å². The van der Waals surface area contributed by atoms with Crippen LogP contribution in [0.25, 0.3) is 12.2 Å². The summed E-state index contributed by atoms with van der Waals surface area (Å²) in [6, 6.07) is 10.0. The first-order valence-corrected chi connectivity index (χ1v) is 9.87. The molecule has 1 unspecified atom stereocenters. The fraction of sp³-hybridized carbons (Fsp3) is 0.263. The summed E-state index contributed by atoms with van der Waals surface area (Å²) < 4.78 is 7.22. The second-order valence-corrected chi connectivity index (χ2v) is 7.65. The van der Waals surface area contributed by atoms with Gasteiger partial charge < -0.3 is 9.30 Å². The number of aromatic nitrogens is 1. The number of esters is 1. The van der Waals surface area contributed by atoms with Crippen LogP contribution >= 0.6 is 27.7 Å². The molecule has 1 aliphatic rings. The molecule has 0 aliphatic heterocycles. The smallest absolute Gasteiger partial charge is 0.340 e. The van der Waals surface area contributed by atoms with E-state index in [1.807, 2.05) is 48.0 Å². The van der Waals surface area contributed by atoms with E-state index in [2.05, 4.69) is 15.9 Å². The quantitative estimate of drug-likeness (QED) is 0.424. The van der Waals surface area contributed by atoms with Crippen molar-refractivity contribution < 1.29 is 14.3 Å². The Bertz CT molecular complexity index is 934. The fourth-order valence-corrected chi connectivity index (χ4v) is 4.21. The minimum Gasteiger partial charge on any atom is -0.462 e. The van der Waals surface area contributed by atoms with Crippen LogP contribution in [-0.4, -0.2) is 27.8 Å². The van der Waals surface area contributed by atoms with Gasteiger partial charge in [0.05, 0.1) is 17.0 Å². The molecule has 1 aromatic heterocycles. The first-order chi connectivity index (χ1) is 12.0. The third kappa shape index (κ3) is 3.60. The summed E-state index contributed by atoms with van der Waals surface area (Å²) >= 11 is 5.01. The number of fused-ring (bicyclic) bond motifs is 1. The molecule has 0 saturated carbocycles. The number of thioether (sulfide) groups is 1. The zero-order valence-corrected chi connectivity index (χ0v) is 16.4. The summed E-state index contributed by atoms with van der Waals surface area (Å²) in [4.78, 5) is 25.4. The zero-order chi connectivity index (χ0) is 18.0. The Hall–Kier alpha value is -1.79. The molecule has 0 N–H and O–H groups in total. The molecule has 4 nitrogen and oxygen atoms in total. The van der Waals surface area contributed by atoms with Crippen LogP contribution in [0.4, 0.5) is 0 Å². The van der Waals surface area contributed by atoms with E-state index in [-0.39, 0.29) is 16.6 Å². The molecule has 6 heteroatoms. The maximum Gasteiger partial charge on any atom is 0.340 e. The zero-order valence-electron chi connectivity index (χ0n) is 14.0. The van der Waals surface area contributed by atoms with Crippen LogP contribution in [0, 0.1) is 0 Å². The number of nitrogens with zero attached hydrogens (tertiary/aromatic N) is 1. The van der Waals surface area contributed by atoms with Crippen molar-refractivity contribution in [2.24, 2.45) is 7.05 Å². The largest absolute Gasteiger partial charge is 0.462 e. The molecule has 0 fully saturated rings. The van der Waals surface area contributed by atoms with Crippen LogP contribution in [0.3, 0.4) is 0 Å². The topological polar surface area (TPSA) is 48.3 Å². The van der Waals surface area contributed by atoms with Crippen LogP contribution in [-0.2, 0) is 22.3 Å². The number of rotatable bonds is 5. The van der Waals surface area contributed by atoms with Crippen molar-refractivity contribution in [3.05, 3.63) is 52.2 Å². The number of Topliss-reactive ketones (excluding diaryl/α,β-unsaturated/α-hetero) is 1. The second-order valence-electron chi connectivity index (χ2n) is 5.62. The summed E-state index contributed by atoms with van der Waals surface area (Å²) in [7, 11) is 1.92. The van der Waals surface area contributed by atoms with Crippen molar-refractivity contribution >= 4 is 51.6 Å². The number of carbonyl (C=O) groups is 2. The summed E-state index contributed by atoms with van der Waals surface area (Å²) in [6.45, 7) is 2.08. The van der Waals surface area contributed by atoms with Crippen LogP contribution in [0.2, 0.25) is 0 Å². The Labute approximate surface area is 158 Å². The third-order valence-corrected chi connectivity index (χ3v) is 5.80. The summed E-state index contributed by atoms with van der Waals surface area (Å²) in [5, 5.41) is 1.53. The number of carbonyl (C=O) groups excluding carboxylic acids is 2. The average molecular weight is 420 g/mol. The molecule has 0 spiro atoms. The van der Waals surface area contributed by atoms with E-state index >= 15 is 0 Å².